The van der Waals surface area contributed by atoms with E-state index in [4.69, 9.17) is 0 Å². The number of sulfone groups is 1. The summed E-state index contributed by atoms with van der Waals surface area (Å²) in [4.78, 5) is 14.6. The van der Waals surface area contributed by atoms with Crippen molar-refractivity contribution in [1.29, 1.82) is 0 Å². The molecule has 138 valence electrons. The van der Waals surface area contributed by atoms with E-state index in [1.165, 1.54) is 13.8 Å². The molecule has 1 aromatic carbocycles. The Labute approximate surface area is 157 Å². The summed E-state index contributed by atoms with van der Waals surface area (Å²) in [6, 6.07) is 2.90. The number of nitro groups is 1. The highest BCUT2D eigenvalue weighted by Crippen LogP contribution is 2.41. The van der Waals surface area contributed by atoms with E-state index in [9.17, 15) is 27.3 Å². The van der Waals surface area contributed by atoms with E-state index in [0.717, 1.165) is 18.2 Å². The highest BCUT2D eigenvalue weighted by Gasteiger charge is 2.54. The van der Waals surface area contributed by atoms with Crippen LogP contribution in [0.3, 0.4) is 0 Å². The van der Waals surface area contributed by atoms with Crippen molar-refractivity contribution < 1.29 is 22.1 Å². The lowest BCUT2D eigenvalue weighted by molar-refractivity contribution is -0.385. The van der Waals surface area contributed by atoms with Crippen molar-refractivity contribution in [3.05, 3.63) is 39.7 Å². The van der Waals surface area contributed by atoms with Crippen LogP contribution in [0.2, 0.25) is 0 Å². The van der Waals surface area contributed by atoms with E-state index >= 15 is 0 Å². The average Bonchev–Trinajstić information content (AvgIpc) is 2.50. The summed E-state index contributed by atoms with van der Waals surface area (Å²) < 4.78 is 52.5. The van der Waals surface area contributed by atoms with Gasteiger partial charge in [0, 0.05) is 27.8 Å². The van der Waals surface area contributed by atoms with Gasteiger partial charge in [0.15, 0.2) is 9.84 Å². The zero-order valence-corrected chi connectivity index (χ0v) is 16.6. The zero-order valence-electron chi connectivity index (χ0n) is 13.6. The Bertz CT molecular complexity index is 846. The lowest BCUT2D eigenvalue weighted by Crippen LogP contribution is -2.56. The molecule has 2 atom stereocenters. The van der Waals surface area contributed by atoms with E-state index in [1.807, 2.05) is 22.6 Å². The van der Waals surface area contributed by atoms with Crippen molar-refractivity contribution in [2.24, 2.45) is 4.99 Å². The Morgan fingerprint density at radius 2 is 2.08 bits per heavy atom. The fourth-order valence-electron chi connectivity index (χ4n) is 3.15. The minimum atomic E-state index is -4.00. The third kappa shape index (κ3) is 3.29. The van der Waals surface area contributed by atoms with E-state index in [2.05, 4.69) is 4.99 Å². The Kier molecular flexibility index (Phi) is 5.53. The standard InChI is InChI=1S/C15H17F2IN2O4S/c1-10-15(8-16,5-6-18)25(23,24)9-14(2,19-10)12-7-11(20(21)22)3-4-13(12)17/h3-4,7H,5-6,8-9H2,1-2H3/t14-,15-/m0/s1. The largest absolute Gasteiger partial charge is 0.280 e. The van der Waals surface area contributed by atoms with Crippen LogP contribution >= 0.6 is 22.6 Å². The molecule has 2 rings (SSSR count). The van der Waals surface area contributed by atoms with Gasteiger partial charge in [0.25, 0.3) is 5.69 Å². The van der Waals surface area contributed by atoms with Gasteiger partial charge in [-0.1, -0.05) is 22.6 Å². The summed E-state index contributed by atoms with van der Waals surface area (Å²) in [5.74, 6) is -1.41. The Morgan fingerprint density at radius 3 is 2.56 bits per heavy atom. The molecule has 1 aliphatic heterocycles. The molecule has 0 aliphatic carbocycles. The highest BCUT2D eigenvalue weighted by molar-refractivity contribution is 14.1. The molecular weight excluding hydrogens is 469 g/mol. The minimum absolute atomic E-state index is 0.0614. The summed E-state index contributed by atoms with van der Waals surface area (Å²) in [5.41, 5.74) is -2.04. The van der Waals surface area contributed by atoms with Crippen molar-refractivity contribution in [3.8, 4) is 0 Å². The summed E-state index contributed by atoms with van der Waals surface area (Å²) in [6.45, 7) is 1.69. The van der Waals surface area contributed by atoms with Gasteiger partial charge in [-0.05, 0) is 26.3 Å². The van der Waals surface area contributed by atoms with Crippen LogP contribution in [0.15, 0.2) is 23.2 Å². The van der Waals surface area contributed by atoms with Gasteiger partial charge in [0.1, 0.15) is 17.2 Å². The van der Waals surface area contributed by atoms with Gasteiger partial charge in [0.05, 0.1) is 16.2 Å². The van der Waals surface area contributed by atoms with Gasteiger partial charge >= 0.3 is 0 Å². The smallest absolute Gasteiger partial charge is 0.270 e. The normalized spacial score (nSPS) is 28.4. The first-order valence-corrected chi connectivity index (χ1v) is 10.6. The van der Waals surface area contributed by atoms with E-state index in [0.29, 0.717) is 4.43 Å². The minimum Gasteiger partial charge on any atom is -0.280 e. The van der Waals surface area contributed by atoms with Gasteiger partial charge in [-0.15, -0.1) is 0 Å². The molecule has 0 radical (unpaired) electrons. The SMILES string of the molecule is CC1=N[C@](C)(c2cc([N+](=O)[O-])ccc2F)CS(=O)(=O)[C@]1(CF)CCI. The Balaban J connectivity index is 2.69. The predicted octanol–water partition coefficient (Wildman–Crippen LogP) is 3.37. The second-order valence-electron chi connectivity index (χ2n) is 6.22. The maximum Gasteiger partial charge on any atom is 0.270 e. The second kappa shape index (κ2) is 6.86. The molecule has 0 bridgehead atoms. The van der Waals surface area contributed by atoms with Gasteiger partial charge in [-0.25, -0.2) is 17.2 Å². The third-order valence-corrected chi connectivity index (χ3v) is 7.88. The topological polar surface area (TPSA) is 89.6 Å². The van der Waals surface area contributed by atoms with E-state index in [-0.39, 0.29) is 23.4 Å². The maximum atomic E-state index is 14.3. The van der Waals surface area contributed by atoms with Gasteiger partial charge in [-0.3, -0.25) is 15.1 Å². The van der Waals surface area contributed by atoms with Crippen LogP contribution in [0.5, 0.6) is 0 Å². The fraction of sp³-hybridized carbons (Fsp3) is 0.533. The van der Waals surface area contributed by atoms with Crippen LogP contribution in [0.25, 0.3) is 0 Å². The number of nitrogens with zero attached hydrogens (tertiary/aromatic N) is 2. The fourth-order valence-corrected chi connectivity index (χ4v) is 6.75. The molecule has 0 unspecified atom stereocenters. The molecule has 0 fully saturated rings. The number of alkyl halides is 2. The molecule has 1 heterocycles. The number of hydrogen-bond acceptors (Lipinski definition) is 5. The molecule has 0 amide bonds. The first-order valence-electron chi connectivity index (χ1n) is 7.38. The number of benzene rings is 1. The number of hydrogen-bond donors (Lipinski definition) is 0. The van der Waals surface area contributed by atoms with Gasteiger partial charge < -0.3 is 0 Å². The molecule has 6 nitrogen and oxygen atoms in total. The zero-order chi connectivity index (χ0) is 19.0. The monoisotopic (exact) mass is 486 g/mol. The van der Waals surface area contributed by atoms with Gasteiger partial charge in [-0.2, -0.15) is 0 Å². The van der Waals surface area contributed by atoms with Crippen molar-refractivity contribution in [2.45, 2.75) is 30.6 Å². The first-order chi connectivity index (χ1) is 11.5. The lowest BCUT2D eigenvalue weighted by atomic mass is 9.91. The second-order valence-corrected chi connectivity index (χ2v) is 9.60. The van der Waals surface area contributed by atoms with Crippen molar-refractivity contribution in [3.63, 3.8) is 0 Å². The summed E-state index contributed by atoms with van der Waals surface area (Å²) >= 11 is 1.97. The van der Waals surface area contributed by atoms with Crippen molar-refractivity contribution in [2.75, 3.05) is 16.9 Å². The lowest BCUT2D eigenvalue weighted by Gasteiger charge is -2.40. The Morgan fingerprint density at radius 1 is 1.44 bits per heavy atom. The van der Waals surface area contributed by atoms with Crippen LogP contribution in [0, 0.1) is 15.9 Å². The first kappa shape index (κ1) is 20.1. The molecule has 1 aliphatic rings. The molecule has 25 heavy (non-hydrogen) atoms. The quantitative estimate of drug-likeness (QED) is 0.276. The number of nitro benzene ring substituents is 1. The molecule has 1 aromatic rings. The number of halogens is 3. The molecule has 0 spiro atoms. The molecule has 0 saturated heterocycles. The highest BCUT2D eigenvalue weighted by atomic mass is 127. The van der Waals surface area contributed by atoms with Crippen molar-refractivity contribution >= 4 is 43.8 Å². The number of non-ortho nitro benzene ring substituents is 1. The average molecular weight is 486 g/mol. The van der Waals surface area contributed by atoms with Gasteiger partial charge in [0.2, 0.25) is 0 Å². The van der Waals surface area contributed by atoms with E-state index < -0.39 is 43.3 Å². The molecule has 0 saturated carbocycles. The summed E-state index contributed by atoms with van der Waals surface area (Å²) in [7, 11) is -4.00. The number of rotatable bonds is 5. The van der Waals surface area contributed by atoms with E-state index in [1.54, 1.807) is 0 Å². The number of aliphatic imine (C=N–C) groups is 1. The van der Waals surface area contributed by atoms with Crippen LogP contribution in [-0.4, -0.2) is 40.7 Å². The van der Waals surface area contributed by atoms with Crippen LogP contribution in [-0.2, 0) is 15.4 Å². The van der Waals surface area contributed by atoms with Crippen molar-refractivity contribution in [1.82, 2.24) is 0 Å². The molecular formula is C15H17F2IN2O4S. The molecule has 0 aromatic heterocycles. The molecule has 0 N–H and O–H groups in total. The third-order valence-electron chi connectivity index (χ3n) is 4.60. The summed E-state index contributed by atoms with van der Waals surface area (Å²) in [5, 5.41) is 11.0. The Hall–Kier alpha value is -1.17. The maximum absolute atomic E-state index is 14.3. The predicted molar refractivity (Wildman–Crippen MR) is 99.5 cm³/mol. The summed E-state index contributed by atoms with van der Waals surface area (Å²) in [6.07, 6.45) is 0.0647. The molecule has 10 heteroatoms. The van der Waals surface area contributed by atoms with Crippen LogP contribution in [0.4, 0.5) is 14.5 Å². The van der Waals surface area contributed by atoms with Crippen LogP contribution in [0.1, 0.15) is 25.8 Å². The van der Waals surface area contributed by atoms with Crippen LogP contribution < -0.4 is 0 Å².